The summed E-state index contributed by atoms with van der Waals surface area (Å²) >= 11 is 4.21. The Kier molecular flexibility index (Phi) is 8.70. The van der Waals surface area contributed by atoms with Gasteiger partial charge < -0.3 is 10.2 Å². The molecule has 1 aliphatic rings. The first-order chi connectivity index (χ1) is 18.1. The molecule has 10 nitrogen and oxygen atoms in total. The zero-order valence-corrected chi connectivity index (χ0v) is 23.2. The Morgan fingerprint density at radius 1 is 1.03 bits per heavy atom. The van der Waals surface area contributed by atoms with Crippen LogP contribution in [0, 0.1) is 0 Å². The molecule has 0 saturated carbocycles. The number of carbonyl (C=O) groups excluding carboxylic acids is 2. The van der Waals surface area contributed by atoms with E-state index in [0.29, 0.717) is 35.3 Å². The number of likely N-dealkylation sites (tertiary alicyclic amines) is 1. The van der Waals surface area contributed by atoms with Gasteiger partial charge in [-0.05, 0) is 54.8 Å². The largest absolute Gasteiger partial charge is 0.330 e. The molecule has 1 atom stereocenters. The molecule has 0 radical (unpaired) electrons. The number of carbonyl (C=O) groups is 2. The van der Waals surface area contributed by atoms with Crippen LogP contribution in [-0.2, 0) is 23.1 Å². The molecule has 0 bridgehead atoms. The monoisotopic (exact) mass is 557 g/mol. The van der Waals surface area contributed by atoms with Gasteiger partial charge in [0.2, 0.25) is 0 Å². The zero-order chi connectivity index (χ0) is 27.3. The number of nitrogens with zero attached hydrogens (tertiary/aromatic N) is 3. The minimum absolute atomic E-state index is 0.252. The van der Waals surface area contributed by atoms with Crippen LogP contribution in [0.4, 0.5) is 21.1 Å². The highest BCUT2D eigenvalue weighted by atomic mass is 35.5. The quantitative estimate of drug-likeness (QED) is 0.329. The lowest BCUT2D eigenvalue weighted by Gasteiger charge is -2.16. The summed E-state index contributed by atoms with van der Waals surface area (Å²) in [7, 11) is 0. The second-order valence-electron chi connectivity index (χ2n) is 10.0. The summed E-state index contributed by atoms with van der Waals surface area (Å²) in [6.45, 7) is 7.75. The zero-order valence-electron chi connectivity index (χ0n) is 21.6. The van der Waals surface area contributed by atoms with Crippen molar-refractivity contribution in [2.45, 2.75) is 45.6 Å². The van der Waals surface area contributed by atoms with Crippen LogP contribution >= 0.6 is 11.6 Å². The first kappa shape index (κ1) is 27.6. The Bertz CT molecular complexity index is 1320. The van der Waals surface area contributed by atoms with Gasteiger partial charge in [0.05, 0.1) is 11.4 Å². The van der Waals surface area contributed by atoms with Crippen molar-refractivity contribution in [2.24, 2.45) is 0 Å². The molecule has 1 unspecified atom stereocenters. The van der Waals surface area contributed by atoms with Crippen molar-refractivity contribution in [1.82, 2.24) is 24.1 Å². The van der Waals surface area contributed by atoms with E-state index in [-0.39, 0.29) is 18.0 Å². The smallest absolute Gasteiger partial charge is 0.324 e. The van der Waals surface area contributed by atoms with Gasteiger partial charge >= 0.3 is 12.1 Å². The lowest BCUT2D eigenvalue weighted by atomic mass is 9.92. The summed E-state index contributed by atoms with van der Waals surface area (Å²) in [5, 5.41) is 11.0. The third-order valence-electron chi connectivity index (χ3n) is 5.96. The van der Waals surface area contributed by atoms with Gasteiger partial charge in [-0.2, -0.15) is 5.10 Å². The standard InChI is InChI=1S/C26H32ClN7O3S/c1-26(2,3)22-16-23(30-24(35)29-20-11-9-19(27)10-12-20)34(31-22)21-8-6-7-18(15-21)17-28-38(37)32-25(36)33-13-4-5-14-33/h6-12,15-16,28H,4-5,13-14,17H2,1-3H3,(H,32,36)(H2,29,30,35). The molecule has 1 aromatic heterocycles. The number of amides is 4. The van der Waals surface area contributed by atoms with Gasteiger partial charge in [-0.3, -0.25) is 5.32 Å². The van der Waals surface area contributed by atoms with Gasteiger partial charge in [0.1, 0.15) is 5.82 Å². The second kappa shape index (κ2) is 12.0. The van der Waals surface area contributed by atoms with Gasteiger partial charge in [0, 0.05) is 41.8 Å². The molecule has 38 heavy (non-hydrogen) atoms. The molecule has 12 heteroatoms. The number of hydrogen-bond donors (Lipinski definition) is 4. The molecular weight excluding hydrogens is 526 g/mol. The third kappa shape index (κ3) is 7.33. The highest BCUT2D eigenvalue weighted by molar-refractivity contribution is 7.81. The van der Waals surface area contributed by atoms with Crippen LogP contribution in [0.2, 0.25) is 5.02 Å². The van der Waals surface area contributed by atoms with Gasteiger partial charge in [0.25, 0.3) is 0 Å². The minimum atomic E-state index is -1.73. The Balaban J connectivity index is 1.47. The van der Waals surface area contributed by atoms with Crippen molar-refractivity contribution >= 4 is 46.3 Å². The minimum Gasteiger partial charge on any atom is -0.324 e. The molecule has 4 N–H and O–H groups in total. The van der Waals surface area contributed by atoms with Crippen LogP contribution in [-0.4, -0.2) is 44.0 Å². The molecular formula is C26H32ClN7O3S. The van der Waals surface area contributed by atoms with Crippen molar-refractivity contribution in [1.29, 1.82) is 0 Å². The third-order valence-corrected chi connectivity index (χ3v) is 6.98. The van der Waals surface area contributed by atoms with Crippen LogP contribution < -0.4 is 20.1 Å². The average molecular weight is 558 g/mol. The Hall–Kier alpha value is -3.41. The summed E-state index contributed by atoms with van der Waals surface area (Å²) in [5.41, 5.74) is 2.70. The number of benzene rings is 2. The van der Waals surface area contributed by atoms with Gasteiger partial charge in [-0.15, -0.1) is 0 Å². The highest BCUT2D eigenvalue weighted by Crippen LogP contribution is 2.27. The fraction of sp³-hybridized carbons (Fsp3) is 0.346. The SMILES string of the molecule is CC(C)(C)c1cc(NC(=O)Nc2ccc(Cl)cc2)n(-c2cccc(CNS(=O)NC(=O)N3CCCC3)c2)n1. The van der Waals surface area contributed by atoms with Gasteiger partial charge in [-0.1, -0.05) is 44.5 Å². The van der Waals surface area contributed by atoms with Gasteiger partial charge in [-0.25, -0.2) is 27.9 Å². The first-order valence-electron chi connectivity index (χ1n) is 12.3. The predicted octanol–water partition coefficient (Wildman–Crippen LogP) is 4.94. The van der Waals surface area contributed by atoms with Crippen LogP contribution in [0.1, 0.15) is 44.9 Å². The number of halogens is 1. The molecule has 1 aliphatic heterocycles. The molecule has 3 aromatic rings. The number of nitrogens with one attached hydrogen (secondary N) is 4. The van der Waals surface area contributed by atoms with E-state index in [4.69, 9.17) is 16.7 Å². The number of anilines is 2. The van der Waals surface area contributed by atoms with E-state index in [0.717, 1.165) is 24.1 Å². The van der Waals surface area contributed by atoms with E-state index < -0.39 is 17.2 Å². The molecule has 0 aliphatic carbocycles. The van der Waals surface area contributed by atoms with Crippen LogP contribution in [0.25, 0.3) is 5.69 Å². The van der Waals surface area contributed by atoms with E-state index in [1.807, 2.05) is 51.1 Å². The van der Waals surface area contributed by atoms with Crippen molar-refractivity contribution in [3.63, 3.8) is 0 Å². The maximum absolute atomic E-state index is 12.8. The molecule has 0 spiro atoms. The summed E-state index contributed by atoms with van der Waals surface area (Å²) in [6.07, 6.45) is 1.93. The maximum Gasteiger partial charge on any atom is 0.330 e. The van der Waals surface area contributed by atoms with Crippen molar-refractivity contribution in [2.75, 3.05) is 23.7 Å². The lowest BCUT2D eigenvalue weighted by molar-refractivity contribution is 0.215. The molecule has 1 fully saturated rings. The average Bonchev–Trinajstić information content (AvgIpc) is 3.55. The molecule has 202 valence electrons. The van der Waals surface area contributed by atoms with E-state index in [1.165, 1.54) is 0 Å². The Labute approximate surface area is 229 Å². The first-order valence-corrected chi connectivity index (χ1v) is 13.9. The van der Waals surface area contributed by atoms with Crippen LogP contribution in [0.15, 0.2) is 54.6 Å². The van der Waals surface area contributed by atoms with Crippen molar-refractivity contribution in [3.05, 3.63) is 70.9 Å². The number of hydrogen-bond acceptors (Lipinski definition) is 4. The lowest BCUT2D eigenvalue weighted by Crippen LogP contribution is -2.42. The molecule has 4 amide bonds. The summed E-state index contributed by atoms with van der Waals surface area (Å²) in [5.74, 6) is 0.493. The number of aromatic nitrogens is 2. The van der Waals surface area contributed by atoms with Crippen molar-refractivity contribution in [3.8, 4) is 5.69 Å². The summed E-state index contributed by atoms with van der Waals surface area (Å²) in [6, 6.07) is 15.4. The maximum atomic E-state index is 12.8. The van der Waals surface area contributed by atoms with E-state index in [9.17, 15) is 13.8 Å². The fourth-order valence-corrected chi connectivity index (χ4v) is 4.68. The highest BCUT2D eigenvalue weighted by Gasteiger charge is 2.22. The molecule has 1 saturated heterocycles. The summed E-state index contributed by atoms with van der Waals surface area (Å²) < 4.78 is 19.3. The van der Waals surface area contributed by atoms with E-state index in [1.54, 1.807) is 33.8 Å². The Morgan fingerprint density at radius 2 is 1.74 bits per heavy atom. The molecule has 2 heterocycles. The number of rotatable bonds is 7. The normalized spacial score (nSPS) is 14.3. The fourth-order valence-electron chi connectivity index (χ4n) is 3.89. The van der Waals surface area contributed by atoms with Crippen molar-refractivity contribution < 1.29 is 13.8 Å². The van der Waals surface area contributed by atoms with Crippen LogP contribution in [0.5, 0.6) is 0 Å². The Morgan fingerprint density at radius 3 is 2.42 bits per heavy atom. The van der Waals surface area contributed by atoms with Crippen LogP contribution in [0.3, 0.4) is 0 Å². The summed E-state index contributed by atoms with van der Waals surface area (Å²) in [4.78, 5) is 26.6. The topological polar surface area (TPSA) is 120 Å². The molecule has 2 aromatic carbocycles. The predicted molar refractivity (Wildman–Crippen MR) is 151 cm³/mol. The molecule has 4 rings (SSSR count). The number of urea groups is 2. The van der Waals surface area contributed by atoms with E-state index >= 15 is 0 Å². The van der Waals surface area contributed by atoms with Gasteiger partial charge in [0.15, 0.2) is 11.2 Å². The van der Waals surface area contributed by atoms with E-state index in [2.05, 4.69) is 20.1 Å². The second-order valence-corrected chi connectivity index (χ2v) is 11.5.